The summed E-state index contributed by atoms with van der Waals surface area (Å²) in [4.78, 5) is 4.67. The first-order valence-electron chi connectivity index (χ1n) is 9.67. The minimum Gasteiger partial charge on any atom is -0.497 e. The van der Waals surface area contributed by atoms with Crippen molar-refractivity contribution in [3.05, 3.63) is 60.4 Å². The topological polar surface area (TPSA) is 72.5 Å². The number of methoxy groups -OCH3 is 1. The first-order valence-corrected chi connectivity index (χ1v) is 9.67. The third kappa shape index (κ3) is 3.54. The number of rotatable bonds is 5. The molecular weight excluding hydrogens is 368 g/mol. The lowest BCUT2D eigenvalue weighted by molar-refractivity contribution is 0.245. The number of hydrogen-bond donors (Lipinski definition) is 0. The number of ether oxygens (including phenoxy) is 1. The maximum Gasteiger partial charge on any atom is 0.180 e. The van der Waals surface area contributed by atoms with E-state index in [1.165, 1.54) is 0 Å². The Morgan fingerprint density at radius 1 is 1.03 bits per heavy atom. The summed E-state index contributed by atoms with van der Waals surface area (Å²) in [5.74, 6) is 1.74. The Hall–Kier alpha value is -3.39. The van der Waals surface area contributed by atoms with Gasteiger partial charge in [0.1, 0.15) is 5.75 Å². The SMILES string of the molecule is COc1cccc(-n2cc(CN3CCN(c4noc5ccccc45)CC3)nn2)c1. The molecule has 2 aromatic heterocycles. The zero-order valence-electron chi connectivity index (χ0n) is 16.2. The smallest absolute Gasteiger partial charge is 0.180 e. The molecule has 8 heteroatoms. The molecule has 4 aromatic rings. The molecule has 1 aliphatic rings. The Labute approximate surface area is 168 Å². The number of benzene rings is 2. The Morgan fingerprint density at radius 3 is 2.76 bits per heavy atom. The minimum absolute atomic E-state index is 0.775. The first-order chi connectivity index (χ1) is 14.3. The summed E-state index contributed by atoms with van der Waals surface area (Å²) in [6.45, 7) is 4.46. The summed E-state index contributed by atoms with van der Waals surface area (Å²) < 4.78 is 12.5. The third-order valence-corrected chi connectivity index (χ3v) is 5.27. The van der Waals surface area contributed by atoms with Crippen LogP contribution in [-0.4, -0.2) is 58.3 Å². The second-order valence-electron chi connectivity index (χ2n) is 7.12. The van der Waals surface area contributed by atoms with E-state index in [2.05, 4.69) is 31.3 Å². The van der Waals surface area contributed by atoms with E-state index in [0.29, 0.717) is 0 Å². The molecule has 29 heavy (non-hydrogen) atoms. The van der Waals surface area contributed by atoms with E-state index < -0.39 is 0 Å². The van der Waals surface area contributed by atoms with Gasteiger partial charge < -0.3 is 14.2 Å². The van der Waals surface area contributed by atoms with Crippen molar-refractivity contribution in [1.29, 1.82) is 0 Å². The lowest BCUT2D eigenvalue weighted by atomic mass is 10.2. The standard InChI is InChI=1S/C21H22N6O2/c1-28-18-6-4-5-17(13-18)27-15-16(22-24-27)14-25-9-11-26(12-10-25)21-19-7-2-3-8-20(19)29-23-21/h2-8,13,15H,9-12,14H2,1H3. The van der Waals surface area contributed by atoms with Gasteiger partial charge in [-0.3, -0.25) is 4.90 Å². The van der Waals surface area contributed by atoms with Crippen LogP contribution in [-0.2, 0) is 6.54 Å². The van der Waals surface area contributed by atoms with Gasteiger partial charge in [-0.1, -0.05) is 28.6 Å². The molecule has 0 aliphatic carbocycles. The van der Waals surface area contributed by atoms with Crippen LogP contribution in [0.25, 0.3) is 16.7 Å². The lowest BCUT2D eigenvalue weighted by Gasteiger charge is -2.34. The third-order valence-electron chi connectivity index (χ3n) is 5.27. The maximum atomic E-state index is 5.45. The van der Waals surface area contributed by atoms with E-state index in [1.807, 2.05) is 48.7 Å². The van der Waals surface area contributed by atoms with Crippen LogP contribution in [0.3, 0.4) is 0 Å². The van der Waals surface area contributed by atoms with Gasteiger partial charge in [-0.2, -0.15) is 0 Å². The Kier molecular flexibility index (Phi) is 4.61. The van der Waals surface area contributed by atoms with Gasteiger partial charge in [0.25, 0.3) is 0 Å². The molecule has 148 valence electrons. The summed E-state index contributed by atoms with van der Waals surface area (Å²) in [5.41, 5.74) is 2.72. The van der Waals surface area contributed by atoms with Gasteiger partial charge in [0.2, 0.25) is 0 Å². The normalized spacial score (nSPS) is 15.1. The highest BCUT2D eigenvalue weighted by Crippen LogP contribution is 2.26. The van der Waals surface area contributed by atoms with Crippen molar-refractivity contribution in [2.75, 3.05) is 38.2 Å². The highest BCUT2D eigenvalue weighted by Gasteiger charge is 2.22. The van der Waals surface area contributed by atoms with Crippen molar-refractivity contribution in [3.63, 3.8) is 0 Å². The van der Waals surface area contributed by atoms with Crippen molar-refractivity contribution < 1.29 is 9.26 Å². The average Bonchev–Trinajstić information content (AvgIpc) is 3.42. The fourth-order valence-electron chi connectivity index (χ4n) is 3.70. The van der Waals surface area contributed by atoms with Gasteiger partial charge in [-0.05, 0) is 24.3 Å². The number of anilines is 1. The molecule has 2 aromatic carbocycles. The van der Waals surface area contributed by atoms with Crippen LogP contribution in [0.15, 0.2) is 59.3 Å². The summed E-state index contributed by atoms with van der Waals surface area (Å²) in [6, 6.07) is 15.8. The summed E-state index contributed by atoms with van der Waals surface area (Å²) >= 11 is 0. The average molecular weight is 390 g/mol. The second kappa shape index (κ2) is 7.56. The zero-order valence-corrected chi connectivity index (χ0v) is 16.2. The Balaban J connectivity index is 1.23. The molecule has 0 radical (unpaired) electrons. The Bertz CT molecular complexity index is 1110. The number of nitrogens with zero attached hydrogens (tertiary/aromatic N) is 6. The molecule has 5 rings (SSSR count). The predicted molar refractivity (Wildman–Crippen MR) is 109 cm³/mol. The molecule has 1 saturated heterocycles. The van der Waals surface area contributed by atoms with Crippen LogP contribution in [0.4, 0.5) is 5.82 Å². The molecule has 0 unspecified atom stereocenters. The molecule has 1 fully saturated rings. The van der Waals surface area contributed by atoms with Crippen LogP contribution in [0, 0.1) is 0 Å². The second-order valence-corrected chi connectivity index (χ2v) is 7.12. The molecule has 0 amide bonds. The molecule has 0 N–H and O–H groups in total. The van der Waals surface area contributed by atoms with E-state index in [4.69, 9.17) is 9.26 Å². The minimum atomic E-state index is 0.775. The zero-order chi connectivity index (χ0) is 19.6. The highest BCUT2D eigenvalue weighted by molar-refractivity contribution is 5.88. The molecule has 1 aliphatic heterocycles. The van der Waals surface area contributed by atoms with Gasteiger partial charge in [0, 0.05) is 38.8 Å². The van der Waals surface area contributed by atoms with Crippen LogP contribution in [0.5, 0.6) is 5.75 Å². The molecular formula is C21H22N6O2. The lowest BCUT2D eigenvalue weighted by Crippen LogP contribution is -2.46. The van der Waals surface area contributed by atoms with Crippen molar-refractivity contribution in [2.24, 2.45) is 0 Å². The van der Waals surface area contributed by atoms with Gasteiger partial charge in [-0.15, -0.1) is 5.10 Å². The number of piperazine rings is 1. The van der Waals surface area contributed by atoms with E-state index >= 15 is 0 Å². The quantitative estimate of drug-likeness (QED) is 0.519. The van der Waals surface area contributed by atoms with E-state index in [9.17, 15) is 0 Å². The number of aromatic nitrogens is 4. The van der Waals surface area contributed by atoms with Crippen molar-refractivity contribution in [1.82, 2.24) is 25.1 Å². The largest absolute Gasteiger partial charge is 0.497 e. The molecule has 0 saturated carbocycles. The van der Waals surface area contributed by atoms with Gasteiger partial charge >= 0.3 is 0 Å². The number of para-hydroxylation sites is 1. The molecule has 0 bridgehead atoms. The van der Waals surface area contributed by atoms with E-state index in [-0.39, 0.29) is 0 Å². The van der Waals surface area contributed by atoms with Gasteiger partial charge in [-0.25, -0.2) is 4.68 Å². The van der Waals surface area contributed by atoms with Gasteiger partial charge in [0.05, 0.1) is 30.1 Å². The predicted octanol–water partition coefficient (Wildman–Crippen LogP) is 2.74. The summed E-state index contributed by atoms with van der Waals surface area (Å²) in [6.07, 6.45) is 1.98. The van der Waals surface area contributed by atoms with Crippen molar-refractivity contribution in [3.8, 4) is 11.4 Å². The maximum absolute atomic E-state index is 5.45. The number of hydrogen-bond acceptors (Lipinski definition) is 7. The fourth-order valence-corrected chi connectivity index (χ4v) is 3.70. The summed E-state index contributed by atoms with van der Waals surface area (Å²) in [5, 5.41) is 14.0. The van der Waals surface area contributed by atoms with Crippen LogP contribution < -0.4 is 9.64 Å². The van der Waals surface area contributed by atoms with Crippen LogP contribution >= 0.6 is 0 Å². The van der Waals surface area contributed by atoms with Crippen LogP contribution in [0.2, 0.25) is 0 Å². The van der Waals surface area contributed by atoms with E-state index in [1.54, 1.807) is 11.8 Å². The molecule has 0 spiro atoms. The fraction of sp³-hybridized carbons (Fsp3) is 0.286. The monoisotopic (exact) mass is 390 g/mol. The van der Waals surface area contributed by atoms with Gasteiger partial charge in [0.15, 0.2) is 11.4 Å². The van der Waals surface area contributed by atoms with Crippen molar-refractivity contribution >= 4 is 16.8 Å². The van der Waals surface area contributed by atoms with Crippen LogP contribution in [0.1, 0.15) is 5.69 Å². The summed E-state index contributed by atoms with van der Waals surface area (Å²) in [7, 11) is 1.66. The highest BCUT2D eigenvalue weighted by atomic mass is 16.5. The number of fused-ring (bicyclic) bond motifs is 1. The molecule has 8 nitrogen and oxygen atoms in total. The van der Waals surface area contributed by atoms with Crippen molar-refractivity contribution in [2.45, 2.75) is 6.54 Å². The molecule has 3 heterocycles. The Morgan fingerprint density at radius 2 is 1.90 bits per heavy atom. The molecule has 0 atom stereocenters. The first kappa shape index (κ1) is 17.7. The van der Waals surface area contributed by atoms with E-state index in [0.717, 1.165) is 66.6 Å².